The third-order valence-electron chi connectivity index (χ3n) is 4.11. The summed E-state index contributed by atoms with van der Waals surface area (Å²) in [7, 11) is -3.52. The number of aryl methyl sites for hydroxylation is 1. The second-order valence-corrected chi connectivity index (χ2v) is 7.62. The van der Waals surface area contributed by atoms with Gasteiger partial charge in [0.25, 0.3) is 0 Å². The number of hydrogen-bond acceptors (Lipinski definition) is 4. The highest BCUT2D eigenvalue weighted by Crippen LogP contribution is 2.21. The van der Waals surface area contributed by atoms with E-state index >= 15 is 0 Å². The average molecular weight is 319 g/mol. The molecule has 1 unspecified atom stereocenters. The Kier molecular flexibility index (Phi) is 4.42. The van der Waals surface area contributed by atoms with E-state index in [0.29, 0.717) is 18.0 Å². The van der Waals surface area contributed by atoms with E-state index in [1.54, 1.807) is 18.3 Å². The van der Waals surface area contributed by atoms with Crippen LogP contribution in [0, 0.1) is 12.8 Å². The van der Waals surface area contributed by atoms with Gasteiger partial charge in [-0.3, -0.25) is 4.98 Å². The molecule has 1 aliphatic rings. The first-order valence-corrected chi connectivity index (χ1v) is 9.10. The smallest absolute Gasteiger partial charge is 0.242 e. The van der Waals surface area contributed by atoms with Crippen molar-refractivity contribution >= 4 is 20.9 Å². The van der Waals surface area contributed by atoms with Crippen LogP contribution in [0.4, 0.5) is 0 Å². The summed E-state index contributed by atoms with van der Waals surface area (Å²) in [6.45, 7) is 4.43. The fourth-order valence-corrected chi connectivity index (χ4v) is 4.12. The van der Waals surface area contributed by atoms with Crippen molar-refractivity contribution < 1.29 is 8.42 Å². The molecule has 1 aromatic heterocycles. The predicted molar refractivity (Wildman–Crippen MR) is 87.3 cm³/mol. The topological polar surface area (TPSA) is 71.1 Å². The Morgan fingerprint density at radius 1 is 1.41 bits per heavy atom. The van der Waals surface area contributed by atoms with Gasteiger partial charge in [0, 0.05) is 18.1 Å². The lowest BCUT2D eigenvalue weighted by atomic mass is 10.1. The Morgan fingerprint density at radius 3 is 3.05 bits per heavy atom. The third kappa shape index (κ3) is 3.29. The summed E-state index contributed by atoms with van der Waals surface area (Å²) in [4.78, 5) is 4.56. The summed E-state index contributed by atoms with van der Waals surface area (Å²) in [6, 6.07) is 7.22. The van der Waals surface area contributed by atoms with Gasteiger partial charge in [0.2, 0.25) is 10.0 Å². The Morgan fingerprint density at radius 2 is 2.27 bits per heavy atom. The lowest BCUT2D eigenvalue weighted by Gasteiger charge is -2.11. The molecule has 6 heteroatoms. The molecule has 0 aliphatic carbocycles. The number of pyridine rings is 1. The van der Waals surface area contributed by atoms with Crippen LogP contribution in [-0.2, 0) is 10.0 Å². The number of aromatic nitrogens is 1. The summed E-state index contributed by atoms with van der Waals surface area (Å²) in [5.41, 5.74) is 1.55. The van der Waals surface area contributed by atoms with Gasteiger partial charge >= 0.3 is 0 Å². The summed E-state index contributed by atoms with van der Waals surface area (Å²) in [6.07, 6.45) is 3.69. The Labute approximate surface area is 131 Å². The summed E-state index contributed by atoms with van der Waals surface area (Å²) >= 11 is 0. The molecule has 1 fully saturated rings. The van der Waals surface area contributed by atoms with Crippen molar-refractivity contribution in [1.29, 1.82) is 0 Å². The monoisotopic (exact) mass is 319 g/mol. The highest BCUT2D eigenvalue weighted by Gasteiger charge is 2.19. The number of para-hydroxylation sites is 1. The molecule has 0 saturated carbocycles. The molecule has 2 N–H and O–H groups in total. The Bertz CT molecular complexity index is 768. The molecule has 0 amide bonds. The minimum absolute atomic E-state index is 0.259. The summed E-state index contributed by atoms with van der Waals surface area (Å²) in [5.74, 6) is 0.566. The lowest BCUT2D eigenvalue weighted by molar-refractivity contribution is 0.519. The molecule has 1 aliphatic heterocycles. The van der Waals surface area contributed by atoms with Crippen molar-refractivity contribution in [2.24, 2.45) is 5.92 Å². The van der Waals surface area contributed by atoms with E-state index in [2.05, 4.69) is 15.0 Å². The molecule has 1 saturated heterocycles. The average Bonchev–Trinajstić information content (AvgIpc) is 2.99. The predicted octanol–water partition coefficient (Wildman–Crippen LogP) is 1.82. The normalized spacial score (nSPS) is 18.9. The minimum Gasteiger partial charge on any atom is -0.316 e. The van der Waals surface area contributed by atoms with Crippen molar-refractivity contribution in [2.45, 2.75) is 24.7 Å². The van der Waals surface area contributed by atoms with Crippen LogP contribution in [0.3, 0.4) is 0 Å². The van der Waals surface area contributed by atoms with Crippen LogP contribution in [0.25, 0.3) is 10.9 Å². The molecule has 2 heterocycles. The fraction of sp³-hybridized carbons (Fsp3) is 0.438. The first kappa shape index (κ1) is 15.4. The van der Waals surface area contributed by atoms with Crippen molar-refractivity contribution in [3.8, 4) is 0 Å². The van der Waals surface area contributed by atoms with Crippen molar-refractivity contribution in [3.05, 3.63) is 36.0 Å². The first-order chi connectivity index (χ1) is 10.6. The molecular weight excluding hydrogens is 298 g/mol. The quantitative estimate of drug-likeness (QED) is 0.882. The van der Waals surface area contributed by atoms with Gasteiger partial charge in [-0.2, -0.15) is 0 Å². The number of nitrogens with one attached hydrogen (secondary N) is 2. The van der Waals surface area contributed by atoms with Crippen LogP contribution < -0.4 is 10.0 Å². The zero-order valence-corrected chi connectivity index (χ0v) is 13.5. The van der Waals surface area contributed by atoms with Crippen LogP contribution in [0.1, 0.15) is 18.4 Å². The number of benzene rings is 1. The molecule has 1 atom stereocenters. The molecule has 2 aromatic rings. The first-order valence-electron chi connectivity index (χ1n) is 7.62. The van der Waals surface area contributed by atoms with E-state index in [0.717, 1.165) is 36.9 Å². The van der Waals surface area contributed by atoms with Crippen LogP contribution in [-0.4, -0.2) is 33.0 Å². The van der Waals surface area contributed by atoms with E-state index in [-0.39, 0.29) is 4.90 Å². The highest BCUT2D eigenvalue weighted by molar-refractivity contribution is 7.89. The van der Waals surface area contributed by atoms with Gasteiger partial charge in [-0.25, -0.2) is 13.1 Å². The molecular formula is C16H21N3O2S. The second-order valence-electron chi connectivity index (χ2n) is 5.89. The van der Waals surface area contributed by atoms with Crippen molar-refractivity contribution in [3.63, 3.8) is 0 Å². The number of fused-ring (bicyclic) bond motifs is 1. The van der Waals surface area contributed by atoms with Crippen LogP contribution in [0.5, 0.6) is 0 Å². The maximum atomic E-state index is 12.5. The van der Waals surface area contributed by atoms with Crippen molar-refractivity contribution in [2.75, 3.05) is 19.6 Å². The summed E-state index contributed by atoms with van der Waals surface area (Å²) < 4.78 is 27.8. The molecule has 3 rings (SSSR count). The van der Waals surface area contributed by atoms with Gasteiger partial charge in [0.15, 0.2) is 0 Å². The van der Waals surface area contributed by atoms with Gasteiger partial charge in [-0.1, -0.05) is 12.1 Å². The zero-order valence-electron chi connectivity index (χ0n) is 12.7. The van der Waals surface area contributed by atoms with Crippen molar-refractivity contribution in [1.82, 2.24) is 15.0 Å². The van der Waals surface area contributed by atoms with Gasteiger partial charge < -0.3 is 5.32 Å². The minimum atomic E-state index is -3.52. The van der Waals surface area contributed by atoms with E-state index in [9.17, 15) is 8.42 Å². The van der Waals surface area contributed by atoms with Gasteiger partial charge in [-0.15, -0.1) is 0 Å². The molecule has 118 valence electrons. The Hall–Kier alpha value is -1.50. The zero-order chi connectivity index (χ0) is 15.6. The number of hydrogen-bond donors (Lipinski definition) is 2. The largest absolute Gasteiger partial charge is 0.316 e. The third-order valence-corrected chi connectivity index (χ3v) is 5.60. The van der Waals surface area contributed by atoms with Gasteiger partial charge in [0.05, 0.1) is 5.52 Å². The Balaban J connectivity index is 1.79. The molecule has 0 radical (unpaired) electrons. The van der Waals surface area contributed by atoms with Gasteiger partial charge in [-0.05, 0) is 56.5 Å². The van der Waals surface area contributed by atoms with Crippen LogP contribution in [0.2, 0.25) is 0 Å². The summed E-state index contributed by atoms with van der Waals surface area (Å²) in [5, 5.41) is 4.14. The van der Waals surface area contributed by atoms with Crippen LogP contribution in [0.15, 0.2) is 35.4 Å². The number of rotatable bonds is 5. The van der Waals surface area contributed by atoms with E-state index in [1.807, 2.05) is 19.1 Å². The molecule has 0 bridgehead atoms. The highest BCUT2D eigenvalue weighted by atomic mass is 32.2. The maximum Gasteiger partial charge on any atom is 0.242 e. The standard InChI is InChI=1S/C16H21N3O2S/c1-12-9-14-3-2-4-15(16(14)18-10-12)22(20,21)19-8-6-13-5-7-17-11-13/h2-4,9-10,13,17,19H,5-8,11H2,1H3. The lowest BCUT2D eigenvalue weighted by Crippen LogP contribution is -2.27. The molecule has 1 aromatic carbocycles. The molecule has 22 heavy (non-hydrogen) atoms. The van der Waals surface area contributed by atoms with E-state index in [1.165, 1.54) is 0 Å². The van der Waals surface area contributed by atoms with Gasteiger partial charge in [0.1, 0.15) is 4.90 Å². The second kappa shape index (κ2) is 6.32. The van der Waals surface area contributed by atoms with E-state index < -0.39 is 10.0 Å². The van der Waals surface area contributed by atoms with Crippen LogP contribution >= 0.6 is 0 Å². The van der Waals surface area contributed by atoms with E-state index in [4.69, 9.17) is 0 Å². The fourth-order valence-electron chi connectivity index (χ4n) is 2.90. The maximum absolute atomic E-state index is 12.5. The molecule has 0 spiro atoms. The number of sulfonamides is 1. The molecule has 5 nitrogen and oxygen atoms in total. The number of nitrogens with zero attached hydrogens (tertiary/aromatic N) is 1. The SMILES string of the molecule is Cc1cnc2c(S(=O)(=O)NCCC3CCNC3)cccc2c1.